The van der Waals surface area contributed by atoms with Crippen molar-refractivity contribution in [3.63, 3.8) is 0 Å². The van der Waals surface area contributed by atoms with Crippen LogP contribution in [0.2, 0.25) is 0 Å². The van der Waals surface area contributed by atoms with Crippen LogP contribution in [-0.4, -0.2) is 57.9 Å². The van der Waals surface area contributed by atoms with Gasteiger partial charge in [0, 0.05) is 25.5 Å². The number of aromatic nitrogens is 2. The molecule has 0 fully saturated rings. The first-order chi connectivity index (χ1) is 14.9. The molecule has 1 aromatic heterocycles. The number of carboxylic acid groups (broad SMARTS) is 2. The molecule has 10 heteroatoms. The number of carbonyl (C=O) groups is 2. The Bertz CT molecular complexity index is 921. The second-order valence-electron chi connectivity index (χ2n) is 6.53. The van der Waals surface area contributed by atoms with Crippen LogP contribution in [0.25, 0.3) is 0 Å². The highest BCUT2D eigenvalue weighted by atomic mass is 19.1. The van der Waals surface area contributed by atoms with Gasteiger partial charge in [-0.25, -0.2) is 23.9 Å². The van der Waals surface area contributed by atoms with Crippen molar-refractivity contribution >= 4 is 17.9 Å². The van der Waals surface area contributed by atoms with Crippen LogP contribution in [0.15, 0.2) is 30.6 Å². The van der Waals surface area contributed by atoms with Gasteiger partial charge in [0.1, 0.15) is 17.7 Å². The molecule has 0 amide bonds. The van der Waals surface area contributed by atoms with Crippen LogP contribution in [0.3, 0.4) is 0 Å². The number of rotatable bonds is 7. The molecule has 0 bridgehead atoms. The molecule has 2 heterocycles. The van der Waals surface area contributed by atoms with Gasteiger partial charge in [0.15, 0.2) is 0 Å². The van der Waals surface area contributed by atoms with Gasteiger partial charge in [-0.05, 0) is 49.6 Å². The summed E-state index contributed by atoms with van der Waals surface area (Å²) in [4.78, 5) is 26.4. The summed E-state index contributed by atoms with van der Waals surface area (Å²) in [5, 5.41) is 21.3. The maximum absolute atomic E-state index is 13.5. The van der Waals surface area contributed by atoms with E-state index in [-0.39, 0.29) is 11.9 Å². The van der Waals surface area contributed by atoms with E-state index < -0.39 is 11.9 Å². The number of nitrogens with one attached hydrogen (secondary N) is 2. The van der Waals surface area contributed by atoms with Crippen LogP contribution in [0.1, 0.15) is 24.0 Å². The first-order valence-electron chi connectivity index (χ1n) is 9.54. The van der Waals surface area contributed by atoms with Crippen LogP contribution in [0.4, 0.5) is 10.3 Å². The molecule has 1 aromatic carbocycles. The number of hydrogen-bond acceptors (Lipinski definition) is 7. The molecule has 0 radical (unpaired) electrons. The molecule has 1 aliphatic heterocycles. The highest BCUT2D eigenvalue weighted by Crippen LogP contribution is 2.31. The minimum Gasteiger partial charge on any atom is -0.487 e. The molecule has 2 aromatic rings. The molecule has 3 rings (SSSR count). The van der Waals surface area contributed by atoms with Crippen LogP contribution < -0.4 is 15.4 Å². The predicted molar refractivity (Wildman–Crippen MR) is 110 cm³/mol. The maximum atomic E-state index is 13.5. The quantitative estimate of drug-likeness (QED) is 0.293. The largest absolute Gasteiger partial charge is 0.487 e. The van der Waals surface area contributed by atoms with Crippen LogP contribution in [0, 0.1) is 18.2 Å². The number of ether oxygens (including phenoxy) is 1. The summed E-state index contributed by atoms with van der Waals surface area (Å²) in [5.41, 5.74) is 1.35. The molecule has 0 spiro atoms. The van der Waals surface area contributed by atoms with Crippen LogP contribution >= 0.6 is 0 Å². The lowest BCUT2D eigenvalue weighted by Gasteiger charge is -2.27. The summed E-state index contributed by atoms with van der Waals surface area (Å²) in [6, 6.07) is 4.65. The molecule has 1 aliphatic rings. The van der Waals surface area contributed by atoms with Gasteiger partial charge in [-0.3, -0.25) is 0 Å². The van der Waals surface area contributed by atoms with Gasteiger partial charge in [0.05, 0.1) is 5.56 Å². The molecule has 0 saturated heterocycles. The van der Waals surface area contributed by atoms with E-state index in [4.69, 9.17) is 31.0 Å². The minimum atomic E-state index is -1.82. The van der Waals surface area contributed by atoms with E-state index in [0.29, 0.717) is 17.3 Å². The number of benzene rings is 1. The molecular weight excluding hydrogens is 407 g/mol. The van der Waals surface area contributed by atoms with Gasteiger partial charge in [-0.15, -0.1) is 6.42 Å². The number of aliphatic carboxylic acids is 2. The average Bonchev–Trinajstić information content (AvgIpc) is 2.76. The maximum Gasteiger partial charge on any atom is 0.414 e. The van der Waals surface area contributed by atoms with Crippen molar-refractivity contribution in [2.24, 2.45) is 0 Å². The summed E-state index contributed by atoms with van der Waals surface area (Å²) < 4.78 is 19.5. The summed E-state index contributed by atoms with van der Waals surface area (Å²) in [7, 11) is 0. The zero-order chi connectivity index (χ0) is 22.6. The Balaban J connectivity index is 0.000000501. The summed E-state index contributed by atoms with van der Waals surface area (Å²) in [5.74, 6) is -0.142. The minimum absolute atomic E-state index is 0.0514. The zero-order valence-corrected chi connectivity index (χ0v) is 16.7. The van der Waals surface area contributed by atoms with E-state index in [0.717, 1.165) is 44.5 Å². The van der Waals surface area contributed by atoms with E-state index in [9.17, 15) is 4.39 Å². The Morgan fingerprint density at radius 3 is 2.58 bits per heavy atom. The van der Waals surface area contributed by atoms with Crippen molar-refractivity contribution < 1.29 is 28.9 Å². The van der Waals surface area contributed by atoms with Gasteiger partial charge in [-0.1, -0.05) is 5.92 Å². The van der Waals surface area contributed by atoms with Gasteiger partial charge < -0.3 is 25.6 Å². The molecule has 1 atom stereocenters. The second-order valence-corrected chi connectivity index (χ2v) is 6.53. The van der Waals surface area contributed by atoms with E-state index in [1.807, 2.05) is 0 Å². The fourth-order valence-electron chi connectivity index (χ4n) is 2.83. The molecular formula is C21H23FN4O5. The normalized spacial score (nSPS) is 14.1. The van der Waals surface area contributed by atoms with Gasteiger partial charge in [0.2, 0.25) is 5.95 Å². The number of fused-ring (bicyclic) bond motifs is 1. The molecule has 1 unspecified atom stereocenters. The fraction of sp³-hybridized carbons (Fsp3) is 0.333. The van der Waals surface area contributed by atoms with Gasteiger partial charge in [-0.2, -0.15) is 0 Å². The van der Waals surface area contributed by atoms with E-state index in [2.05, 4.69) is 26.5 Å². The topological polar surface area (TPSA) is 134 Å². The van der Waals surface area contributed by atoms with Crippen molar-refractivity contribution in [2.75, 3.05) is 25.0 Å². The van der Waals surface area contributed by atoms with Crippen molar-refractivity contribution in [1.29, 1.82) is 0 Å². The Morgan fingerprint density at radius 1 is 1.23 bits per heavy atom. The Labute approximate surface area is 178 Å². The number of carboxylic acids is 2. The lowest BCUT2D eigenvalue weighted by molar-refractivity contribution is -0.159. The first-order valence-corrected chi connectivity index (χ1v) is 9.54. The van der Waals surface area contributed by atoms with E-state index >= 15 is 0 Å². The van der Waals surface area contributed by atoms with Crippen molar-refractivity contribution in [3.8, 4) is 18.1 Å². The number of halogens is 1. The number of aryl methyl sites for hydroxylation is 1. The summed E-state index contributed by atoms with van der Waals surface area (Å²) in [6.45, 7) is 2.40. The van der Waals surface area contributed by atoms with Crippen molar-refractivity contribution in [2.45, 2.75) is 25.4 Å². The summed E-state index contributed by atoms with van der Waals surface area (Å²) >= 11 is 0. The molecule has 9 nitrogen and oxygen atoms in total. The summed E-state index contributed by atoms with van der Waals surface area (Å²) in [6.07, 6.45) is 11.5. The third kappa shape index (κ3) is 7.91. The van der Waals surface area contributed by atoms with Crippen LogP contribution in [0.5, 0.6) is 5.75 Å². The first kappa shape index (κ1) is 23.6. The molecule has 0 saturated carbocycles. The number of terminal acetylenes is 1. The highest BCUT2D eigenvalue weighted by molar-refractivity contribution is 6.27. The standard InChI is InChI=1S/C19H21FN4O.C2H2O4/c1-2-14-11-16(20)12-15-5-6-17(25-18(14)15)13-21-7-3-8-22-19-23-9-4-10-24-19;3-1(4)2(5)6/h1,4,9-12,17,21H,3,5-8,13H2,(H,22,23,24);(H,3,4)(H,5,6). The SMILES string of the molecule is C#Cc1cc(F)cc2c1OC(CNCCCNc1ncccn1)CC2.O=C(O)C(=O)O. The monoisotopic (exact) mass is 430 g/mol. The Kier molecular flexibility index (Phi) is 9.19. The van der Waals surface area contributed by atoms with Gasteiger partial charge in [0.25, 0.3) is 0 Å². The van der Waals surface area contributed by atoms with E-state index in [1.165, 1.54) is 12.1 Å². The third-order valence-corrected chi connectivity index (χ3v) is 4.24. The van der Waals surface area contributed by atoms with E-state index in [1.54, 1.807) is 18.5 Å². The lowest BCUT2D eigenvalue weighted by Crippen LogP contribution is -2.35. The third-order valence-electron chi connectivity index (χ3n) is 4.24. The predicted octanol–water partition coefficient (Wildman–Crippen LogP) is 1.54. The van der Waals surface area contributed by atoms with Gasteiger partial charge >= 0.3 is 11.9 Å². The lowest BCUT2D eigenvalue weighted by atomic mass is 9.99. The second kappa shape index (κ2) is 12.1. The highest BCUT2D eigenvalue weighted by Gasteiger charge is 2.22. The molecule has 31 heavy (non-hydrogen) atoms. The average molecular weight is 430 g/mol. The number of anilines is 1. The Morgan fingerprint density at radius 2 is 1.94 bits per heavy atom. The number of nitrogens with zero attached hydrogens (tertiary/aromatic N) is 2. The Hall–Kier alpha value is -3.71. The van der Waals surface area contributed by atoms with Crippen molar-refractivity contribution in [3.05, 3.63) is 47.5 Å². The molecule has 4 N–H and O–H groups in total. The van der Waals surface area contributed by atoms with Crippen molar-refractivity contribution in [1.82, 2.24) is 15.3 Å². The van der Waals surface area contributed by atoms with Crippen LogP contribution in [-0.2, 0) is 16.0 Å². The molecule has 164 valence electrons. The zero-order valence-electron chi connectivity index (χ0n) is 16.7. The molecule has 0 aliphatic carbocycles. The number of hydrogen-bond donors (Lipinski definition) is 4. The smallest absolute Gasteiger partial charge is 0.414 e. The fourth-order valence-corrected chi connectivity index (χ4v) is 2.83.